The van der Waals surface area contributed by atoms with Crippen LogP contribution in [0.15, 0.2) is 0 Å². The number of unbranched alkanes of at least 4 members (excludes halogenated alkanes) is 1. The summed E-state index contributed by atoms with van der Waals surface area (Å²) in [6.45, 7) is 6.93. The summed E-state index contributed by atoms with van der Waals surface area (Å²) in [6, 6.07) is 0. The third kappa shape index (κ3) is 23.9. The maximum absolute atomic E-state index is 10.1. The molecule has 0 aromatic rings. The van der Waals surface area contributed by atoms with Crippen molar-refractivity contribution in [2.45, 2.75) is 40.5 Å². The highest BCUT2D eigenvalue weighted by Gasteiger charge is 1.94. The van der Waals surface area contributed by atoms with Gasteiger partial charge in [0.1, 0.15) is 13.2 Å². The molecule has 0 amide bonds. The maximum atomic E-state index is 10.1. The Morgan fingerprint density at radius 1 is 0.722 bits per heavy atom. The lowest BCUT2D eigenvalue weighted by Gasteiger charge is -2.00. The molecule has 0 radical (unpaired) electrons. The zero-order valence-corrected chi connectivity index (χ0v) is 11.5. The lowest BCUT2D eigenvalue weighted by molar-refractivity contribution is -0.149. The SMILES string of the molecule is CC(=O)OCCOC(C)=O.CCCCOC(C)=O. The zero-order chi connectivity index (χ0) is 14.4. The summed E-state index contributed by atoms with van der Waals surface area (Å²) in [5.41, 5.74) is 0. The lowest BCUT2D eigenvalue weighted by atomic mass is 10.4. The van der Waals surface area contributed by atoms with Crippen LogP contribution in [0.5, 0.6) is 0 Å². The average molecular weight is 262 g/mol. The van der Waals surface area contributed by atoms with Gasteiger partial charge in [-0.3, -0.25) is 14.4 Å². The molecule has 0 aliphatic rings. The Hall–Kier alpha value is -1.59. The van der Waals surface area contributed by atoms with Crippen LogP contribution in [-0.2, 0) is 28.6 Å². The van der Waals surface area contributed by atoms with E-state index >= 15 is 0 Å². The summed E-state index contributed by atoms with van der Waals surface area (Å²) >= 11 is 0. The van der Waals surface area contributed by atoms with Gasteiger partial charge in [0.2, 0.25) is 0 Å². The van der Waals surface area contributed by atoms with E-state index in [0.29, 0.717) is 6.61 Å². The van der Waals surface area contributed by atoms with Crippen LogP contribution in [0, 0.1) is 0 Å². The Kier molecular flexibility index (Phi) is 14.0. The van der Waals surface area contributed by atoms with Gasteiger partial charge >= 0.3 is 17.9 Å². The van der Waals surface area contributed by atoms with Crippen molar-refractivity contribution in [2.75, 3.05) is 19.8 Å². The predicted molar refractivity (Wildman–Crippen MR) is 64.8 cm³/mol. The van der Waals surface area contributed by atoms with Crippen LogP contribution in [0.4, 0.5) is 0 Å². The molecule has 6 nitrogen and oxygen atoms in total. The minimum absolute atomic E-state index is 0.134. The molecule has 0 aliphatic heterocycles. The van der Waals surface area contributed by atoms with Crippen LogP contribution in [0.25, 0.3) is 0 Å². The van der Waals surface area contributed by atoms with Gasteiger partial charge in [-0.2, -0.15) is 0 Å². The van der Waals surface area contributed by atoms with E-state index in [1.54, 1.807) is 0 Å². The van der Waals surface area contributed by atoms with Crippen molar-refractivity contribution in [3.05, 3.63) is 0 Å². The second kappa shape index (κ2) is 13.5. The van der Waals surface area contributed by atoms with Crippen molar-refractivity contribution in [2.24, 2.45) is 0 Å². The highest BCUT2D eigenvalue weighted by Crippen LogP contribution is 1.86. The van der Waals surface area contributed by atoms with Crippen molar-refractivity contribution in [3.63, 3.8) is 0 Å². The monoisotopic (exact) mass is 262 g/mol. The molecule has 0 saturated carbocycles. The molecule has 0 aliphatic carbocycles. The summed E-state index contributed by atoms with van der Waals surface area (Å²) in [5, 5.41) is 0. The molecule has 0 atom stereocenters. The zero-order valence-electron chi connectivity index (χ0n) is 11.5. The van der Waals surface area contributed by atoms with E-state index in [0.717, 1.165) is 12.8 Å². The third-order valence-electron chi connectivity index (χ3n) is 1.50. The number of ether oxygens (including phenoxy) is 3. The first-order chi connectivity index (χ1) is 8.40. The Labute approximate surface area is 108 Å². The van der Waals surface area contributed by atoms with Gasteiger partial charge in [-0.1, -0.05) is 13.3 Å². The first-order valence-corrected chi connectivity index (χ1v) is 5.80. The van der Waals surface area contributed by atoms with Crippen molar-refractivity contribution < 1.29 is 28.6 Å². The Bertz CT molecular complexity index is 233. The number of carbonyl (C=O) groups is 3. The fourth-order valence-electron chi connectivity index (χ4n) is 0.731. The van der Waals surface area contributed by atoms with E-state index in [-0.39, 0.29) is 31.1 Å². The number of hydrogen-bond donors (Lipinski definition) is 0. The first-order valence-electron chi connectivity index (χ1n) is 5.80. The van der Waals surface area contributed by atoms with Gasteiger partial charge in [-0.15, -0.1) is 0 Å². The Balaban J connectivity index is 0. The maximum Gasteiger partial charge on any atom is 0.302 e. The second-order valence-electron chi connectivity index (χ2n) is 3.37. The van der Waals surface area contributed by atoms with E-state index in [9.17, 15) is 14.4 Å². The Morgan fingerprint density at radius 3 is 1.33 bits per heavy atom. The molecule has 0 unspecified atom stereocenters. The van der Waals surface area contributed by atoms with Crippen molar-refractivity contribution in [3.8, 4) is 0 Å². The summed E-state index contributed by atoms with van der Waals surface area (Å²) < 4.78 is 13.6. The smallest absolute Gasteiger partial charge is 0.302 e. The number of esters is 3. The predicted octanol–water partition coefficient (Wildman–Crippen LogP) is 1.46. The molecular formula is C12H22O6. The summed E-state index contributed by atoms with van der Waals surface area (Å²) in [4.78, 5) is 30.3. The Morgan fingerprint density at radius 2 is 1.06 bits per heavy atom. The van der Waals surface area contributed by atoms with Crippen molar-refractivity contribution in [1.82, 2.24) is 0 Å². The molecule has 0 aromatic heterocycles. The number of carbonyl (C=O) groups excluding carboxylic acids is 3. The summed E-state index contributed by atoms with van der Waals surface area (Å²) in [5.74, 6) is -0.919. The van der Waals surface area contributed by atoms with Gasteiger partial charge < -0.3 is 14.2 Å². The molecule has 18 heavy (non-hydrogen) atoms. The van der Waals surface area contributed by atoms with Gasteiger partial charge in [0.15, 0.2) is 0 Å². The van der Waals surface area contributed by atoms with Crippen molar-refractivity contribution >= 4 is 17.9 Å². The molecule has 0 rings (SSSR count). The van der Waals surface area contributed by atoms with Gasteiger partial charge in [-0.25, -0.2) is 0 Å². The largest absolute Gasteiger partial charge is 0.466 e. The molecule has 0 aromatic carbocycles. The molecule has 106 valence electrons. The van der Waals surface area contributed by atoms with E-state index < -0.39 is 0 Å². The lowest BCUT2D eigenvalue weighted by Crippen LogP contribution is -2.09. The fraction of sp³-hybridized carbons (Fsp3) is 0.750. The van der Waals surface area contributed by atoms with Crippen LogP contribution in [0.3, 0.4) is 0 Å². The minimum atomic E-state index is -0.368. The fourth-order valence-corrected chi connectivity index (χ4v) is 0.731. The highest BCUT2D eigenvalue weighted by molar-refractivity contribution is 5.66. The van der Waals surface area contributed by atoms with E-state index in [4.69, 9.17) is 0 Å². The molecule has 0 spiro atoms. The topological polar surface area (TPSA) is 78.9 Å². The van der Waals surface area contributed by atoms with Crippen LogP contribution in [0.1, 0.15) is 40.5 Å². The molecule has 0 bridgehead atoms. The van der Waals surface area contributed by atoms with Crippen LogP contribution >= 0.6 is 0 Å². The molecule has 6 heteroatoms. The van der Waals surface area contributed by atoms with E-state index in [1.807, 2.05) is 0 Å². The van der Waals surface area contributed by atoms with Gasteiger partial charge in [0, 0.05) is 20.8 Å². The molecule has 0 saturated heterocycles. The van der Waals surface area contributed by atoms with Crippen LogP contribution < -0.4 is 0 Å². The third-order valence-corrected chi connectivity index (χ3v) is 1.50. The van der Waals surface area contributed by atoms with Gasteiger partial charge in [0.25, 0.3) is 0 Å². The second-order valence-corrected chi connectivity index (χ2v) is 3.37. The van der Waals surface area contributed by atoms with Gasteiger partial charge in [0.05, 0.1) is 6.61 Å². The highest BCUT2D eigenvalue weighted by atomic mass is 16.6. The molecule has 0 fully saturated rings. The van der Waals surface area contributed by atoms with E-state index in [2.05, 4.69) is 21.1 Å². The molecule has 0 heterocycles. The number of rotatable bonds is 6. The van der Waals surface area contributed by atoms with Crippen LogP contribution in [-0.4, -0.2) is 37.7 Å². The van der Waals surface area contributed by atoms with Crippen LogP contribution in [0.2, 0.25) is 0 Å². The summed E-state index contributed by atoms with van der Waals surface area (Å²) in [6.07, 6.45) is 2.05. The first kappa shape index (κ1) is 18.8. The van der Waals surface area contributed by atoms with E-state index in [1.165, 1.54) is 20.8 Å². The minimum Gasteiger partial charge on any atom is -0.466 e. The molecule has 0 N–H and O–H groups in total. The van der Waals surface area contributed by atoms with Gasteiger partial charge in [-0.05, 0) is 6.42 Å². The summed E-state index contributed by atoms with van der Waals surface area (Å²) in [7, 11) is 0. The van der Waals surface area contributed by atoms with Crippen molar-refractivity contribution in [1.29, 1.82) is 0 Å². The standard InChI is InChI=1S/C6H10O4.C6H12O2/c1-5(7)9-3-4-10-6(2)8;1-3-4-5-8-6(2)7/h3-4H2,1-2H3;3-5H2,1-2H3. The average Bonchev–Trinajstić information content (AvgIpc) is 2.25. The quantitative estimate of drug-likeness (QED) is 0.409. The number of hydrogen-bond acceptors (Lipinski definition) is 6. The molecular weight excluding hydrogens is 240 g/mol. The normalized spacial score (nSPS) is 8.67.